The number of aliphatic imine (C=N–C) groups is 1. The summed E-state index contributed by atoms with van der Waals surface area (Å²) in [6.45, 7) is 5.77. The van der Waals surface area contributed by atoms with Gasteiger partial charge in [-0.15, -0.1) is 0 Å². The fourth-order valence-electron chi connectivity index (χ4n) is 7.08. The van der Waals surface area contributed by atoms with Crippen LogP contribution in [0.5, 0.6) is 0 Å². The van der Waals surface area contributed by atoms with E-state index >= 15 is 0 Å². The van der Waals surface area contributed by atoms with Crippen molar-refractivity contribution in [1.29, 1.82) is 0 Å². The van der Waals surface area contributed by atoms with E-state index in [-0.39, 0.29) is 0 Å². The Bertz CT molecular complexity index is 2740. The standard InChI is InChI=1S/C45H32N4O/c1-3-26-46-45-30(2)27-35(29-47-45)49-40-17-9-7-14-36(40)39-28-32(22-25-41(39)49)31-20-23-34(24-21-31)48(33-12-5-4-6-13-33)42-18-11-16-38-37-15-8-10-19-43(37)50-44(38)42/h3-29H,1H2,2H3/b46-26-. The molecule has 0 unspecified atom stereocenters. The maximum atomic E-state index is 6.48. The molecule has 3 aromatic heterocycles. The van der Waals surface area contributed by atoms with Crippen LogP contribution in [0.3, 0.4) is 0 Å². The molecule has 3 heterocycles. The monoisotopic (exact) mass is 644 g/mol. The number of nitrogens with zero attached hydrogens (tertiary/aromatic N) is 4. The molecule has 6 aromatic carbocycles. The fourth-order valence-corrected chi connectivity index (χ4v) is 7.08. The molecule has 0 aliphatic heterocycles. The minimum absolute atomic E-state index is 0.695. The zero-order chi connectivity index (χ0) is 33.6. The maximum Gasteiger partial charge on any atom is 0.159 e. The van der Waals surface area contributed by atoms with Crippen molar-refractivity contribution in [1.82, 2.24) is 9.55 Å². The van der Waals surface area contributed by atoms with E-state index in [0.717, 1.165) is 72.4 Å². The molecule has 5 heteroatoms. The molecule has 5 nitrogen and oxygen atoms in total. The smallest absolute Gasteiger partial charge is 0.159 e. The molecule has 0 radical (unpaired) electrons. The van der Waals surface area contributed by atoms with Crippen LogP contribution in [0.1, 0.15) is 5.56 Å². The van der Waals surface area contributed by atoms with Crippen molar-refractivity contribution < 1.29 is 4.42 Å². The van der Waals surface area contributed by atoms with Crippen molar-refractivity contribution in [3.63, 3.8) is 0 Å². The summed E-state index contributed by atoms with van der Waals surface area (Å²) in [5.74, 6) is 0.695. The van der Waals surface area contributed by atoms with Gasteiger partial charge in [0.1, 0.15) is 5.58 Å². The van der Waals surface area contributed by atoms with Crippen LogP contribution in [0.25, 0.3) is 60.6 Å². The number of para-hydroxylation sites is 4. The van der Waals surface area contributed by atoms with Crippen LogP contribution in [-0.4, -0.2) is 15.8 Å². The van der Waals surface area contributed by atoms with Crippen molar-refractivity contribution in [3.05, 3.63) is 170 Å². The van der Waals surface area contributed by atoms with Gasteiger partial charge in [0.25, 0.3) is 0 Å². The Kier molecular flexibility index (Phi) is 7.10. The molecule has 0 N–H and O–H groups in total. The minimum Gasteiger partial charge on any atom is -0.454 e. The summed E-state index contributed by atoms with van der Waals surface area (Å²) in [5, 5.41) is 4.61. The zero-order valence-electron chi connectivity index (χ0n) is 27.5. The van der Waals surface area contributed by atoms with Gasteiger partial charge < -0.3 is 13.9 Å². The van der Waals surface area contributed by atoms with Crippen LogP contribution < -0.4 is 4.90 Å². The van der Waals surface area contributed by atoms with Gasteiger partial charge in [-0.05, 0) is 84.3 Å². The molecule has 0 bridgehead atoms. The second kappa shape index (κ2) is 12.1. The first kappa shape index (κ1) is 29.4. The third-order valence-electron chi connectivity index (χ3n) is 9.37. The fraction of sp³-hybridized carbons (Fsp3) is 0.0222. The van der Waals surface area contributed by atoms with E-state index in [2.05, 4.69) is 153 Å². The summed E-state index contributed by atoms with van der Waals surface area (Å²) >= 11 is 0. The lowest BCUT2D eigenvalue weighted by Gasteiger charge is -2.25. The summed E-state index contributed by atoms with van der Waals surface area (Å²) in [4.78, 5) is 11.4. The van der Waals surface area contributed by atoms with Crippen molar-refractivity contribution in [3.8, 4) is 16.8 Å². The van der Waals surface area contributed by atoms with Gasteiger partial charge in [-0.2, -0.15) is 0 Å². The number of aryl methyl sites for hydroxylation is 1. The van der Waals surface area contributed by atoms with E-state index in [1.807, 2.05) is 31.3 Å². The van der Waals surface area contributed by atoms with Gasteiger partial charge in [0.2, 0.25) is 0 Å². The van der Waals surface area contributed by atoms with Gasteiger partial charge in [0, 0.05) is 39.1 Å². The summed E-state index contributed by atoms with van der Waals surface area (Å²) in [6.07, 6.45) is 5.23. The van der Waals surface area contributed by atoms with Crippen LogP contribution in [0, 0.1) is 6.92 Å². The van der Waals surface area contributed by atoms with Crippen molar-refractivity contribution in [2.45, 2.75) is 6.92 Å². The molecule has 0 aliphatic rings. The summed E-state index contributed by atoms with van der Waals surface area (Å²) in [6, 6.07) is 51.3. The van der Waals surface area contributed by atoms with E-state index in [1.54, 1.807) is 12.3 Å². The zero-order valence-corrected chi connectivity index (χ0v) is 27.5. The Morgan fingerprint density at radius 1 is 0.660 bits per heavy atom. The molecule has 0 spiro atoms. The normalized spacial score (nSPS) is 11.7. The highest BCUT2D eigenvalue weighted by atomic mass is 16.3. The Balaban J connectivity index is 1.14. The summed E-state index contributed by atoms with van der Waals surface area (Å²) < 4.78 is 8.77. The van der Waals surface area contributed by atoms with E-state index in [1.165, 1.54) is 10.8 Å². The first-order valence-corrected chi connectivity index (χ1v) is 16.7. The number of benzene rings is 6. The summed E-state index contributed by atoms with van der Waals surface area (Å²) in [7, 11) is 0. The molecule has 9 rings (SSSR count). The minimum atomic E-state index is 0.695. The summed E-state index contributed by atoms with van der Waals surface area (Å²) in [5.41, 5.74) is 11.4. The van der Waals surface area contributed by atoms with Crippen LogP contribution in [0.4, 0.5) is 22.9 Å². The van der Waals surface area contributed by atoms with Crippen LogP contribution in [0.2, 0.25) is 0 Å². The SMILES string of the molecule is C=C/C=N\c1ncc(-n2c3ccccc3c3cc(-c4ccc(N(c5ccccc5)c5cccc6c5oc5ccccc56)cc4)ccc32)cc1C. The lowest BCUT2D eigenvalue weighted by molar-refractivity contribution is 0.669. The third kappa shape index (κ3) is 4.87. The molecule has 238 valence electrons. The molecule has 0 amide bonds. The Labute approximate surface area is 289 Å². The molecule has 0 aliphatic carbocycles. The largest absolute Gasteiger partial charge is 0.454 e. The molecule has 0 saturated heterocycles. The predicted octanol–water partition coefficient (Wildman–Crippen LogP) is 12.4. The van der Waals surface area contributed by atoms with E-state index in [0.29, 0.717) is 5.82 Å². The van der Waals surface area contributed by atoms with Crippen LogP contribution >= 0.6 is 0 Å². The second-order valence-electron chi connectivity index (χ2n) is 12.4. The molecule has 9 aromatic rings. The first-order valence-electron chi connectivity index (χ1n) is 16.7. The molecular weight excluding hydrogens is 613 g/mol. The third-order valence-corrected chi connectivity index (χ3v) is 9.37. The van der Waals surface area contributed by atoms with E-state index in [9.17, 15) is 0 Å². The van der Waals surface area contributed by atoms with Crippen LogP contribution in [0.15, 0.2) is 174 Å². The average Bonchev–Trinajstić information content (AvgIpc) is 3.71. The number of anilines is 3. The quantitative estimate of drug-likeness (QED) is 0.162. The number of fused-ring (bicyclic) bond motifs is 6. The number of hydrogen-bond donors (Lipinski definition) is 0. The molecule has 0 fully saturated rings. The van der Waals surface area contributed by atoms with Gasteiger partial charge in [0.05, 0.1) is 28.6 Å². The number of pyridine rings is 1. The molecule has 0 atom stereocenters. The topological polar surface area (TPSA) is 46.6 Å². The number of furan rings is 1. The lowest BCUT2D eigenvalue weighted by atomic mass is 10.0. The van der Waals surface area contributed by atoms with E-state index < -0.39 is 0 Å². The molecular formula is C45H32N4O. The maximum absolute atomic E-state index is 6.48. The first-order chi connectivity index (χ1) is 24.7. The number of allylic oxidation sites excluding steroid dienone is 1. The van der Waals surface area contributed by atoms with Gasteiger partial charge in [-0.3, -0.25) is 0 Å². The highest BCUT2D eigenvalue weighted by Gasteiger charge is 2.20. The number of rotatable bonds is 7. The van der Waals surface area contributed by atoms with Gasteiger partial charge in [0.15, 0.2) is 11.4 Å². The average molecular weight is 645 g/mol. The Hall–Kier alpha value is -6.72. The number of hydrogen-bond acceptors (Lipinski definition) is 4. The predicted molar refractivity (Wildman–Crippen MR) is 209 cm³/mol. The van der Waals surface area contributed by atoms with Crippen LogP contribution in [-0.2, 0) is 0 Å². The van der Waals surface area contributed by atoms with Crippen molar-refractivity contribution >= 4 is 72.8 Å². The highest BCUT2D eigenvalue weighted by molar-refractivity contribution is 6.11. The van der Waals surface area contributed by atoms with Crippen molar-refractivity contribution in [2.75, 3.05) is 4.90 Å². The Morgan fingerprint density at radius 3 is 2.18 bits per heavy atom. The van der Waals surface area contributed by atoms with Gasteiger partial charge in [-0.1, -0.05) is 97.6 Å². The lowest BCUT2D eigenvalue weighted by Crippen LogP contribution is -2.10. The molecule has 0 saturated carbocycles. The second-order valence-corrected chi connectivity index (χ2v) is 12.4. The van der Waals surface area contributed by atoms with Gasteiger partial charge in [-0.25, -0.2) is 9.98 Å². The van der Waals surface area contributed by atoms with E-state index in [4.69, 9.17) is 4.42 Å². The Morgan fingerprint density at radius 2 is 1.36 bits per heavy atom. The van der Waals surface area contributed by atoms with Gasteiger partial charge >= 0.3 is 0 Å². The number of aromatic nitrogens is 2. The van der Waals surface area contributed by atoms with Crippen molar-refractivity contribution in [2.24, 2.45) is 4.99 Å². The molecule has 50 heavy (non-hydrogen) atoms. The highest BCUT2D eigenvalue weighted by Crippen LogP contribution is 2.43.